The molecule has 12 heavy (non-hydrogen) atoms. The first-order valence-corrected chi connectivity index (χ1v) is 4.60. The van der Waals surface area contributed by atoms with Gasteiger partial charge < -0.3 is 4.74 Å². The van der Waals surface area contributed by atoms with E-state index in [4.69, 9.17) is 20.9 Å². The van der Waals surface area contributed by atoms with Gasteiger partial charge in [0, 0.05) is 12.3 Å². The lowest BCUT2D eigenvalue weighted by atomic mass is 10.5. The molecule has 0 saturated heterocycles. The Labute approximate surface area is 76.8 Å². The average Bonchev–Trinajstić information content (AvgIpc) is 2.04. The minimum absolute atomic E-state index is 0.111. The number of pyridine rings is 1. The van der Waals surface area contributed by atoms with E-state index in [1.165, 1.54) is 19.4 Å². The summed E-state index contributed by atoms with van der Waals surface area (Å²) in [7, 11) is 1.37. The largest absolute Gasteiger partial charge is 0.477 e. The molecule has 4 nitrogen and oxygen atoms in total. The summed E-state index contributed by atoms with van der Waals surface area (Å²) in [5.74, 6) is 0.128. The van der Waals surface area contributed by atoms with Crippen LogP contribution in [0.1, 0.15) is 0 Å². The van der Waals surface area contributed by atoms with Gasteiger partial charge in [-0.05, 0) is 0 Å². The molecule has 0 aromatic carbocycles. The number of nitrogens with zero attached hydrogens (tertiary/aromatic N) is 1. The summed E-state index contributed by atoms with van der Waals surface area (Å²) in [4.78, 5) is 3.83. The average molecular weight is 209 g/mol. The number of aromatic nitrogens is 1. The Balaban J connectivity index is 3.21. The van der Waals surface area contributed by atoms with Gasteiger partial charge in [-0.3, -0.25) is 0 Å². The fraction of sp³-hybridized carbons (Fsp3) is 0.167. The van der Waals surface area contributed by atoms with Crippen LogP contribution in [0.2, 0.25) is 5.02 Å². The Morgan fingerprint density at radius 3 is 2.92 bits per heavy atom. The van der Waals surface area contributed by atoms with Crippen molar-refractivity contribution in [2.24, 2.45) is 0 Å². The molecule has 0 bridgehead atoms. The standard InChI is InChI=1S/C6H6ClNO3S/c1-11-6-5(12(9)10)2-4(7)3-8-6/h2-3H,1H3,(H,9,10)/p+1. The molecule has 1 N–H and O–H groups in total. The van der Waals surface area contributed by atoms with E-state index >= 15 is 0 Å². The number of methoxy groups -OCH3 is 1. The van der Waals surface area contributed by atoms with Crippen LogP contribution in [0.4, 0.5) is 0 Å². The molecule has 0 amide bonds. The number of hydrogen-bond donors (Lipinski definition) is 1. The fourth-order valence-corrected chi connectivity index (χ4v) is 1.51. The van der Waals surface area contributed by atoms with Crippen LogP contribution in [0.5, 0.6) is 5.88 Å². The number of halogens is 1. The first-order chi connectivity index (χ1) is 5.65. The topological polar surface area (TPSA) is 59.4 Å². The van der Waals surface area contributed by atoms with Crippen LogP contribution >= 0.6 is 11.6 Å². The summed E-state index contributed by atoms with van der Waals surface area (Å²) < 4.78 is 24.2. The predicted octanol–water partition coefficient (Wildman–Crippen LogP) is 1.27. The van der Waals surface area contributed by atoms with Crippen molar-refractivity contribution in [2.45, 2.75) is 4.90 Å². The maximum absolute atomic E-state index is 10.7. The Morgan fingerprint density at radius 1 is 1.75 bits per heavy atom. The van der Waals surface area contributed by atoms with E-state index in [9.17, 15) is 4.21 Å². The van der Waals surface area contributed by atoms with Crippen molar-refractivity contribution < 1.29 is 13.5 Å². The van der Waals surface area contributed by atoms with Gasteiger partial charge in [0.2, 0.25) is 11.1 Å². The number of rotatable bonds is 2. The third-order valence-electron chi connectivity index (χ3n) is 1.20. The van der Waals surface area contributed by atoms with Gasteiger partial charge in [-0.25, -0.2) is 4.98 Å². The molecular weight excluding hydrogens is 202 g/mol. The molecule has 1 rings (SSSR count). The lowest BCUT2D eigenvalue weighted by molar-refractivity contribution is 0.383. The summed E-state index contributed by atoms with van der Waals surface area (Å²) in [6, 6.07) is 1.35. The second-order valence-electron chi connectivity index (χ2n) is 1.95. The zero-order chi connectivity index (χ0) is 9.14. The van der Waals surface area contributed by atoms with Crippen molar-refractivity contribution in [1.82, 2.24) is 4.98 Å². The first-order valence-electron chi connectivity index (χ1n) is 3.01. The van der Waals surface area contributed by atoms with Crippen LogP contribution in [0.15, 0.2) is 17.2 Å². The van der Waals surface area contributed by atoms with Gasteiger partial charge in [-0.2, -0.15) is 4.55 Å². The lowest BCUT2D eigenvalue weighted by Crippen LogP contribution is -1.96. The highest BCUT2D eigenvalue weighted by Crippen LogP contribution is 2.21. The second-order valence-corrected chi connectivity index (χ2v) is 3.42. The van der Waals surface area contributed by atoms with Crippen LogP contribution in [-0.4, -0.2) is 16.6 Å². The zero-order valence-corrected chi connectivity index (χ0v) is 7.84. The molecule has 0 aliphatic carbocycles. The van der Waals surface area contributed by atoms with Crippen molar-refractivity contribution in [2.75, 3.05) is 7.11 Å². The lowest BCUT2D eigenvalue weighted by Gasteiger charge is -1.98. The van der Waals surface area contributed by atoms with E-state index in [2.05, 4.69) is 4.98 Å². The Kier molecular flexibility index (Phi) is 3.02. The van der Waals surface area contributed by atoms with E-state index in [1.54, 1.807) is 0 Å². The molecule has 1 heterocycles. The quantitative estimate of drug-likeness (QED) is 0.588. The van der Waals surface area contributed by atoms with Gasteiger partial charge in [-0.1, -0.05) is 15.8 Å². The number of thiol groups is 1. The van der Waals surface area contributed by atoms with Gasteiger partial charge in [0.25, 0.3) is 10.8 Å². The number of hydrogen-bond acceptors (Lipinski definition) is 3. The Bertz CT molecular complexity index is 318. The molecule has 66 valence electrons. The van der Waals surface area contributed by atoms with Gasteiger partial charge in [0.05, 0.1) is 12.1 Å². The predicted molar refractivity (Wildman–Crippen MR) is 46.1 cm³/mol. The van der Waals surface area contributed by atoms with E-state index in [0.29, 0.717) is 5.02 Å². The maximum atomic E-state index is 10.7. The summed E-state index contributed by atoms with van der Waals surface area (Å²) >= 11 is 3.10. The van der Waals surface area contributed by atoms with Gasteiger partial charge in [0.15, 0.2) is 0 Å². The van der Waals surface area contributed by atoms with Crippen LogP contribution in [0, 0.1) is 0 Å². The van der Waals surface area contributed by atoms with Crippen LogP contribution in [-0.2, 0) is 15.3 Å². The number of ether oxygens (including phenoxy) is 1. The van der Waals surface area contributed by atoms with Gasteiger partial charge >= 0.3 is 0 Å². The van der Waals surface area contributed by atoms with Crippen molar-refractivity contribution in [3.63, 3.8) is 0 Å². The van der Waals surface area contributed by atoms with Crippen LogP contribution in [0.3, 0.4) is 0 Å². The second kappa shape index (κ2) is 3.84. The van der Waals surface area contributed by atoms with E-state index < -0.39 is 11.1 Å². The van der Waals surface area contributed by atoms with Crippen LogP contribution in [0.25, 0.3) is 0 Å². The zero-order valence-electron chi connectivity index (χ0n) is 6.19. The normalized spacial score (nSPS) is 12.6. The van der Waals surface area contributed by atoms with Crippen molar-refractivity contribution in [1.29, 1.82) is 0 Å². The van der Waals surface area contributed by atoms with Crippen molar-refractivity contribution in [3.8, 4) is 5.88 Å². The maximum Gasteiger partial charge on any atom is 0.273 e. The molecule has 1 aromatic heterocycles. The summed E-state index contributed by atoms with van der Waals surface area (Å²) in [6.45, 7) is 0. The third kappa shape index (κ3) is 1.94. The molecule has 0 fully saturated rings. The fourth-order valence-electron chi connectivity index (χ4n) is 0.710. The van der Waals surface area contributed by atoms with Gasteiger partial charge in [-0.15, -0.1) is 0 Å². The summed E-state index contributed by atoms with van der Waals surface area (Å²) in [6.07, 6.45) is 1.35. The van der Waals surface area contributed by atoms with E-state index in [1.807, 2.05) is 0 Å². The third-order valence-corrected chi connectivity index (χ3v) is 2.14. The summed E-state index contributed by atoms with van der Waals surface area (Å²) in [5, 5.41) is 0.309. The smallest absolute Gasteiger partial charge is 0.273 e. The van der Waals surface area contributed by atoms with E-state index in [0.717, 1.165) is 0 Å². The van der Waals surface area contributed by atoms with Crippen LogP contribution < -0.4 is 4.74 Å². The van der Waals surface area contributed by atoms with Crippen molar-refractivity contribution >= 4 is 22.7 Å². The molecule has 0 aliphatic heterocycles. The monoisotopic (exact) mass is 208 g/mol. The molecule has 6 heteroatoms. The van der Waals surface area contributed by atoms with E-state index in [-0.39, 0.29) is 10.8 Å². The molecule has 0 radical (unpaired) electrons. The molecular formula is C6H7ClNO3S+. The Hall–Kier alpha value is -0.650. The van der Waals surface area contributed by atoms with Gasteiger partial charge in [0.1, 0.15) is 0 Å². The molecule has 0 aliphatic rings. The highest BCUT2D eigenvalue weighted by Gasteiger charge is 2.16. The highest BCUT2D eigenvalue weighted by molar-refractivity contribution is 7.79. The molecule has 0 spiro atoms. The minimum Gasteiger partial charge on any atom is -0.477 e. The molecule has 0 saturated carbocycles. The molecule has 1 atom stereocenters. The molecule has 1 aromatic rings. The molecule has 1 unspecified atom stereocenters. The summed E-state index contributed by atoms with van der Waals surface area (Å²) in [5.41, 5.74) is 0. The highest BCUT2D eigenvalue weighted by atomic mass is 35.5. The SMILES string of the molecule is COc1ncc(Cl)cc1[SH+](=O)O. The first kappa shape index (κ1) is 9.44. The Morgan fingerprint density at radius 2 is 2.42 bits per heavy atom. The minimum atomic E-state index is -2.46. The van der Waals surface area contributed by atoms with Crippen molar-refractivity contribution in [3.05, 3.63) is 17.3 Å².